The summed E-state index contributed by atoms with van der Waals surface area (Å²) in [6, 6.07) is 9.71. The fraction of sp³-hybridized carbons (Fsp3) is 0.308. The number of H-pyrrole nitrogens is 1. The molecule has 4 heteroatoms. The molecule has 3 N–H and O–H groups in total. The Balaban J connectivity index is 2.26. The summed E-state index contributed by atoms with van der Waals surface area (Å²) in [4.78, 5) is 11.6. The lowest BCUT2D eigenvalue weighted by Gasteiger charge is -2.00. The molecule has 0 fully saturated rings. The molecule has 1 aromatic carbocycles. The second-order valence-electron chi connectivity index (χ2n) is 3.96. The minimum atomic E-state index is -0.277. The van der Waals surface area contributed by atoms with Crippen molar-refractivity contribution in [2.24, 2.45) is 5.73 Å². The highest BCUT2D eigenvalue weighted by molar-refractivity contribution is 5.61. The van der Waals surface area contributed by atoms with Crippen molar-refractivity contribution < 1.29 is 4.52 Å². The standard InChI is InChI=1S/C13H16N2O2/c14-9-5-4-8-11-12(15-17-13(11)16)10-6-2-1-3-7-10/h1-3,6-7,15H,4-5,8-9,14H2. The summed E-state index contributed by atoms with van der Waals surface area (Å²) in [6.07, 6.45) is 2.52. The summed E-state index contributed by atoms with van der Waals surface area (Å²) < 4.78 is 4.87. The lowest BCUT2D eigenvalue weighted by molar-refractivity contribution is 0.392. The van der Waals surface area contributed by atoms with Crippen LogP contribution in [-0.2, 0) is 6.42 Å². The van der Waals surface area contributed by atoms with Gasteiger partial charge in [-0.05, 0) is 25.8 Å². The van der Waals surface area contributed by atoms with Gasteiger partial charge in [-0.15, -0.1) is 0 Å². The van der Waals surface area contributed by atoms with Gasteiger partial charge in [0.05, 0.1) is 11.3 Å². The highest BCUT2D eigenvalue weighted by Gasteiger charge is 2.12. The monoisotopic (exact) mass is 232 g/mol. The third-order valence-corrected chi connectivity index (χ3v) is 2.74. The summed E-state index contributed by atoms with van der Waals surface area (Å²) in [5.41, 5.74) is 7.64. The number of hydrogen-bond acceptors (Lipinski definition) is 3. The van der Waals surface area contributed by atoms with E-state index in [2.05, 4.69) is 5.16 Å². The van der Waals surface area contributed by atoms with Crippen molar-refractivity contribution in [3.8, 4) is 11.3 Å². The van der Waals surface area contributed by atoms with E-state index in [0.29, 0.717) is 18.5 Å². The average Bonchev–Trinajstić information content (AvgIpc) is 2.73. The molecule has 0 aliphatic heterocycles. The van der Waals surface area contributed by atoms with Gasteiger partial charge in [0.15, 0.2) is 0 Å². The fourth-order valence-electron chi connectivity index (χ4n) is 1.83. The zero-order valence-electron chi connectivity index (χ0n) is 9.61. The van der Waals surface area contributed by atoms with Crippen molar-refractivity contribution in [3.63, 3.8) is 0 Å². The van der Waals surface area contributed by atoms with Gasteiger partial charge >= 0.3 is 5.63 Å². The first kappa shape index (κ1) is 11.7. The molecule has 0 atom stereocenters. The molecule has 4 nitrogen and oxygen atoms in total. The van der Waals surface area contributed by atoms with Crippen molar-refractivity contribution in [3.05, 3.63) is 46.3 Å². The first-order valence-corrected chi connectivity index (χ1v) is 5.78. The quantitative estimate of drug-likeness (QED) is 0.773. The van der Waals surface area contributed by atoms with Crippen molar-refractivity contribution >= 4 is 0 Å². The zero-order chi connectivity index (χ0) is 12.1. The van der Waals surface area contributed by atoms with Crippen LogP contribution in [0.25, 0.3) is 11.3 Å². The summed E-state index contributed by atoms with van der Waals surface area (Å²) >= 11 is 0. The molecule has 17 heavy (non-hydrogen) atoms. The van der Waals surface area contributed by atoms with Gasteiger partial charge in [-0.3, -0.25) is 0 Å². The Labute approximate surface area is 99.4 Å². The maximum absolute atomic E-state index is 11.6. The Morgan fingerprint density at radius 2 is 1.94 bits per heavy atom. The number of hydrogen-bond donors (Lipinski definition) is 2. The van der Waals surface area contributed by atoms with Gasteiger partial charge in [-0.2, -0.15) is 0 Å². The second-order valence-corrected chi connectivity index (χ2v) is 3.96. The number of aromatic nitrogens is 1. The third kappa shape index (κ3) is 2.65. The van der Waals surface area contributed by atoms with E-state index < -0.39 is 0 Å². The van der Waals surface area contributed by atoms with Crippen molar-refractivity contribution in [1.82, 2.24) is 5.16 Å². The number of nitrogens with one attached hydrogen (secondary N) is 1. The fourth-order valence-corrected chi connectivity index (χ4v) is 1.83. The highest BCUT2D eigenvalue weighted by atomic mass is 16.5. The van der Waals surface area contributed by atoms with E-state index >= 15 is 0 Å². The topological polar surface area (TPSA) is 72.0 Å². The molecule has 2 aromatic rings. The Morgan fingerprint density at radius 3 is 2.65 bits per heavy atom. The van der Waals surface area contributed by atoms with Crippen molar-refractivity contribution in [1.29, 1.82) is 0 Å². The summed E-state index contributed by atoms with van der Waals surface area (Å²) in [7, 11) is 0. The van der Waals surface area contributed by atoms with E-state index in [1.165, 1.54) is 0 Å². The molecule has 90 valence electrons. The normalized spacial score (nSPS) is 10.6. The van der Waals surface area contributed by atoms with Crippen LogP contribution in [0, 0.1) is 0 Å². The SMILES string of the molecule is NCCCCc1c(-c2ccccc2)[nH]oc1=O. The van der Waals surface area contributed by atoms with E-state index in [9.17, 15) is 4.79 Å². The number of rotatable bonds is 5. The van der Waals surface area contributed by atoms with Crippen LogP contribution in [0.5, 0.6) is 0 Å². The van der Waals surface area contributed by atoms with E-state index in [0.717, 1.165) is 24.1 Å². The lowest BCUT2D eigenvalue weighted by Crippen LogP contribution is -2.05. The molecule has 0 bridgehead atoms. The molecule has 2 rings (SSSR count). The summed E-state index contributed by atoms with van der Waals surface area (Å²) in [6.45, 7) is 0.649. The minimum absolute atomic E-state index is 0.277. The zero-order valence-corrected chi connectivity index (χ0v) is 9.61. The summed E-state index contributed by atoms with van der Waals surface area (Å²) in [5, 5.41) is 2.70. The third-order valence-electron chi connectivity index (χ3n) is 2.74. The van der Waals surface area contributed by atoms with Gasteiger partial charge in [0, 0.05) is 5.56 Å². The van der Waals surface area contributed by atoms with Crippen LogP contribution in [0.2, 0.25) is 0 Å². The first-order valence-electron chi connectivity index (χ1n) is 5.78. The van der Waals surface area contributed by atoms with Gasteiger partial charge in [-0.1, -0.05) is 30.3 Å². The van der Waals surface area contributed by atoms with E-state index in [4.69, 9.17) is 10.3 Å². The maximum atomic E-state index is 11.6. The molecular weight excluding hydrogens is 216 g/mol. The molecule has 1 aromatic heterocycles. The first-order chi connectivity index (χ1) is 8.33. The van der Waals surface area contributed by atoms with Crippen LogP contribution in [0.15, 0.2) is 39.6 Å². The maximum Gasteiger partial charge on any atom is 0.361 e. The van der Waals surface area contributed by atoms with E-state index in [-0.39, 0.29) is 5.63 Å². The second kappa shape index (κ2) is 5.50. The predicted molar refractivity (Wildman–Crippen MR) is 66.8 cm³/mol. The largest absolute Gasteiger partial charge is 0.361 e. The van der Waals surface area contributed by atoms with Crippen LogP contribution >= 0.6 is 0 Å². The van der Waals surface area contributed by atoms with Crippen molar-refractivity contribution in [2.45, 2.75) is 19.3 Å². The Morgan fingerprint density at radius 1 is 1.18 bits per heavy atom. The number of aromatic amines is 1. The molecular formula is C13H16N2O2. The molecule has 0 saturated carbocycles. The van der Waals surface area contributed by atoms with Crippen LogP contribution in [0.3, 0.4) is 0 Å². The van der Waals surface area contributed by atoms with Gasteiger partial charge in [0.2, 0.25) is 0 Å². The lowest BCUT2D eigenvalue weighted by atomic mass is 10.0. The molecule has 0 amide bonds. The number of unbranched alkanes of at least 4 members (excludes halogenated alkanes) is 1. The molecule has 0 unspecified atom stereocenters. The van der Waals surface area contributed by atoms with Gasteiger partial charge in [0.1, 0.15) is 0 Å². The van der Waals surface area contributed by atoms with Crippen molar-refractivity contribution in [2.75, 3.05) is 6.54 Å². The average molecular weight is 232 g/mol. The van der Waals surface area contributed by atoms with Gasteiger partial charge < -0.3 is 10.3 Å². The van der Waals surface area contributed by atoms with E-state index in [1.54, 1.807) is 0 Å². The van der Waals surface area contributed by atoms with Gasteiger partial charge in [-0.25, -0.2) is 9.95 Å². The predicted octanol–water partition coefficient (Wildman–Crippen LogP) is 1.92. The van der Waals surface area contributed by atoms with Crippen LogP contribution < -0.4 is 11.4 Å². The van der Waals surface area contributed by atoms with Crippen LogP contribution in [0.1, 0.15) is 18.4 Å². The molecule has 0 aliphatic rings. The van der Waals surface area contributed by atoms with E-state index in [1.807, 2.05) is 30.3 Å². The Kier molecular flexibility index (Phi) is 3.77. The number of nitrogens with two attached hydrogens (primary N) is 1. The Hall–Kier alpha value is -1.81. The molecule has 0 saturated heterocycles. The molecule has 0 radical (unpaired) electrons. The highest BCUT2D eigenvalue weighted by Crippen LogP contribution is 2.20. The van der Waals surface area contributed by atoms with Gasteiger partial charge in [0.25, 0.3) is 0 Å². The van der Waals surface area contributed by atoms with Crippen LogP contribution in [-0.4, -0.2) is 11.7 Å². The summed E-state index contributed by atoms with van der Waals surface area (Å²) in [5.74, 6) is 0. The molecule has 0 spiro atoms. The number of benzene rings is 1. The van der Waals surface area contributed by atoms with Crippen LogP contribution in [0.4, 0.5) is 0 Å². The smallest absolute Gasteiger partial charge is 0.338 e. The Bertz CT molecular complexity index is 514. The molecule has 0 aliphatic carbocycles. The molecule has 1 heterocycles. The minimum Gasteiger partial charge on any atom is -0.338 e.